The van der Waals surface area contributed by atoms with Crippen molar-refractivity contribution in [3.05, 3.63) is 99.1 Å². The van der Waals surface area contributed by atoms with Gasteiger partial charge in [-0.3, -0.25) is 4.79 Å². The second kappa shape index (κ2) is 9.15. The van der Waals surface area contributed by atoms with Crippen molar-refractivity contribution in [2.75, 3.05) is 0 Å². The van der Waals surface area contributed by atoms with Crippen molar-refractivity contribution in [2.24, 2.45) is 5.10 Å². The Labute approximate surface area is 166 Å². The van der Waals surface area contributed by atoms with Gasteiger partial charge in [-0.05, 0) is 82.2 Å². The number of hydrogen-bond acceptors (Lipinski definition) is 3. The Balaban J connectivity index is 1.51. The van der Waals surface area contributed by atoms with Gasteiger partial charge >= 0.3 is 0 Å². The monoisotopic (exact) mass is 456 g/mol. The van der Waals surface area contributed by atoms with E-state index in [0.717, 1.165) is 16.9 Å². The summed E-state index contributed by atoms with van der Waals surface area (Å²) in [6.07, 6.45) is 1.60. The molecule has 0 radical (unpaired) electrons. The van der Waals surface area contributed by atoms with Gasteiger partial charge in [0.25, 0.3) is 5.91 Å². The number of nitrogens with zero attached hydrogens (tertiary/aromatic N) is 1. The van der Waals surface area contributed by atoms with E-state index in [1.807, 2.05) is 42.5 Å². The highest BCUT2D eigenvalue weighted by molar-refractivity contribution is 14.1. The van der Waals surface area contributed by atoms with Gasteiger partial charge in [0, 0.05) is 9.13 Å². The molecule has 5 heteroatoms. The van der Waals surface area contributed by atoms with Gasteiger partial charge in [0.05, 0.1) is 6.21 Å². The Morgan fingerprint density at radius 2 is 1.65 bits per heavy atom. The van der Waals surface area contributed by atoms with E-state index in [1.165, 1.54) is 3.57 Å². The van der Waals surface area contributed by atoms with E-state index in [9.17, 15) is 4.79 Å². The van der Waals surface area contributed by atoms with Crippen molar-refractivity contribution in [3.63, 3.8) is 0 Å². The summed E-state index contributed by atoms with van der Waals surface area (Å²) < 4.78 is 6.97. The highest BCUT2D eigenvalue weighted by Crippen LogP contribution is 2.14. The van der Waals surface area contributed by atoms with Crippen molar-refractivity contribution in [1.82, 2.24) is 5.43 Å². The Morgan fingerprint density at radius 1 is 0.962 bits per heavy atom. The standard InChI is InChI=1S/C21H17IN2O2/c22-19-10-6-17(7-11-19)15-26-20-12-8-16(9-13-20)14-23-24-21(25)18-4-2-1-3-5-18/h1-14H,15H2,(H,24,25)/b23-14-. The molecule has 3 aromatic rings. The molecule has 1 N–H and O–H groups in total. The summed E-state index contributed by atoms with van der Waals surface area (Å²) in [4.78, 5) is 11.9. The third kappa shape index (κ3) is 5.42. The highest BCUT2D eigenvalue weighted by Gasteiger charge is 2.01. The van der Waals surface area contributed by atoms with Gasteiger partial charge in [-0.1, -0.05) is 30.3 Å². The molecule has 0 aliphatic rings. The molecule has 0 unspecified atom stereocenters. The summed E-state index contributed by atoms with van der Waals surface area (Å²) >= 11 is 2.28. The lowest BCUT2D eigenvalue weighted by atomic mass is 10.2. The minimum absolute atomic E-state index is 0.237. The minimum Gasteiger partial charge on any atom is -0.489 e. The summed E-state index contributed by atoms with van der Waals surface area (Å²) in [5, 5.41) is 3.98. The molecule has 0 heterocycles. The Kier molecular flexibility index (Phi) is 6.38. The van der Waals surface area contributed by atoms with Crippen LogP contribution >= 0.6 is 22.6 Å². The first-order chi connectivity index (χ1) is 12.7. The number of amides is 1. The number of rotatable bonds is 6. The zero-order chi connectivity index (χ0) is 18.2. The molecular formula is C21H17IN2O2. The van der Waals surface area contributed by atoms with Crippen LogP contribution in [0.4, 0.5) is 0 Å². The lowest BCUT2D eigenvalue weighted by molar-refractivity contribution is 0.0955. The van der Waals surface area contributed by atoms with Crippen molar-refractivity contribution in [2.45, 2.75) is 6.61 Å². The average molecular weight is 456 g/mol. The number of ether oxygens (including phenoxy) is 1. The van der Waals surface area contributed by atoms with Crippen LogP contribution in [0.25, 0.3) is 0 Å². The molecule has 4 nitrogen and oxygen atoms in total. The third-order valence-corrected chi connectivity index (χ3v) is 4.33. The maximum absolute atomic E-state index is 11.9. The predicted molar refractivity (Wildman–Crippen MR) is 111 cm³/mol. The molecular weight excluding hydrogens is 439 g/mol. The van der Waals surface area contributed by atoms with E-state index in [-0.39, 0.29) is 5.91 Å². The minimum atomic E-state index is -0.237. The van der Waals surface area contributed by atoms with E-state index in [1.54, 1.807) is 18.3 Å². The van der Waals surface area contributed by atoms with Crippen LogP contribution in [0.3, 0.4) is 0 Å². The van der Waals surface area contributed by atoms with E-state index < -0.39 is 0 Å². The number of benzene rings is 3. The van der Waals surface area contributed by atoms with Crippen molar-refractivity contribution in [1.29, 1.82) is 0 Å². The predicted octanol–water partition coefficient (Wildman–Crippen LogP) is 4.63. The fourth-order valence-corrected chi connectivity index (χ4v) is 2.58. The van der Waals surface area contributed by atoms with Crippen molar-refractivity contribution in [3.8, 4) is 5.75 Å². The van der Waals surface area contributed by atoms with Crippen LogP contribution in [0.5, 0.6) is 5.75 Å². The quantitative estimate of drug-likeness (QED) is 0.334. The average Bonchev–Trinajstić information content (AvgIpc) is 2.69. The molecule has 0 saturated carbocycles. The third-order valence-electron chi connectivity index (χ3n) is 3.61. The van der Waals surface area contributed by atoms with Crippen LogP contribution in [0.15, 0.2) is 84.0 Å². The molecule has 0 saturated heterocycles. The van der Waals surface area contributed by atoms with Crippen LogP contribution in [0.2, 0.25) is 0 Å². The molecule has 0 spiro atoms. The zero-order valence-corrected chi connectivity index (χ0v) is 16.1. The number of carbonyl (C=O) groups excluding carboxylic acids is 1. The normalized spacial score (nSPS) is 10.7. The Morgan fingerprint density at radius 3 is 2.35 bits per heavy atom. The van der Waals surface area contributed by atoms with Gasteiger partial charge in [0.1, 0.15) is 12.4 Å². The smallest absolute Gasteiger partial charge is 0.271 e. The van der Waals surface area contributed by atoms with Crippen LogP contribution < -0.4 is 10.2 Å². The van der Waals surface area contributed by atoms with E-state index >= 15 is 0 Å². The van der Waals surface area contributed by atoms with Crippen LogP contribution in [0.1, 0.15) is 21.5 Å². The van der Waals surface area contributed by atoms with Crippen molar-refractivity contribution >= 4 is 34.7 Å². The lowest BCUT2D eigenvalue weighted by Gasteiger charge is -2.06. The molecule has 0 aliphatic heterocycles. The second-order valence-corrected chi connectivity index (χ2v) is 6.79. The molecule has 0 atom stereocenters. The fourth-order valence-electron chi connectivity index (χ4n) is 2.22. The summed E-state index contributed by atoms with van der Waals surface area (Å²) in [7, 11) is 0. The van der Waals surface area contributed by atoms with Gasteiger partial charge in [-0.15, -0.1) is 0 Å². The number of halogens is 1. The summed E-state index contributed by atoms with van der Waals surface area (Å²) in [6.45, 7) is 0.525. The number of nitrogens with one attached hydrogen (secondary N) is 1. The van der Waals surface area contributed by atoms with Gasteiger partial charge < -0.3 is 4.74 Å². The maximum Gasteiger partial charge on any atom is 0.271 e. The first kappa shape index (κ1) is 18.1. The zero-order valence-electron chi connectivity index (χ0n) is 13.9. The van der Waals surface area contributed by atoms with Crippen molar-refractivity contribution < 1.29 is 9.53 Å². The van der Waals surface area contributed by atoms with Crippen LogP contribution in [-0.4, -0.2) is 12.1 Å². The molecule has 0 aromatic heterocycles. The summed E-state index contributed by atoms with van der Waals surface area (Å²) in [5.74, 6) is 0.549. The first-order valence-corrected chi connectivity index (χ1v) is 9.14. The molecule has 130 valence electrons. The first-order valence-electron chi connectivity index (χ1n) is 8.06. The van der Waals surface area contributed by atoms with Crippen LogP contribution in [0, 0.1) is 3.57 Å². The molecule has 0 aliphatic carbocycles. The largest absolute Gasteiger partial charge is 0.489 e. The number of carbonyl (C=O) groups is 1. The van der Waals surface area contributed by atoms with E-state index in [0.29, 0.717) is 12.2 Å². The van der Waals surface area contributed by atoms with E-state index in [4.69, 9.17) is 4.74 Å². The van der Waals surface area contributed by atoms with Gasteiger partial charge in [0.15, 0.2) is 0 Å². The highest BCUT2D eigenvalue weighted by atomic mass is 127. The Bertz CT molecular complexity index is 876. The van der Waals surface area contributed by atoms with E-state index in [2.05, 4.69) is 57.4 Å². The fraction of sp³-hybridized carbons (Fsp3) is 0.0476. The molecule has 1 amide bonds. The Hall–Kier alpha value is -2.67. The summed E-state index contributed by atoms with van der Waals surface area (Å²) in [5.41, 5.74) is 5.08. The summed E-state index contributed by atoms with van der Waals surface area (Å²) in [6, 6.07) is 24.7. The van der Waals surface area contributed by atoms with Crippen LogP contribution in [-0.2, 0) is 6.61 Å². The topological polar surface area (TPSA) is 50.7 Å². The molecule has 0 fully saturated rings. The second-order valence-electron chi connectivity index (χ2n) is 5.55. The van der Waals surface area contributed by atoms with Gasteiger partial charge in [0.2, 0.25) is 0 Å². The SMILES string of the molecule is O=C(N/N=C\c1ccc(OCc2ccc(I)cc2)cc1)c1ccccc1. The van der Waals surface area contributed by atoms with Gasteiger partial charge in [-0.2, -0.15) is 5.10 Å². The maximum atomic E-state index is 11.9. The molecule has 26 heavy (non-hydrogen) atoms. The lowest BCUT2D eigenvalue weighted by Crippen LogP contribution is -2.17. The number of hydrazone groups is 1. The molecule has 3 rings (SSSR count). The number of hydrogen-bond donors (Lipinski definition) is 1. The molecule has 0 bridgehead atoms. The van der Waals surface area contributed by atoms with Gasteiger partial charge in [-0.25, -0.2) is 5.43 Å². The molecule has 3 aromatic carbocycles.